The van der Waals surface area contributed by atoms with Gasteiger partial charge in [-0.25, -0.2) is 9.98 Å². The average Bonchev–Trinajstić information content (AvgIpc) is 3.22. The third-order valence-corrected chi connectivity index (χ3v) is 4.39. The minimum Gasteiger partial charge on any atom is -0.357 e. The van der Waals surface area contributed by atoms with Crippen molar-refractivity contribution in [2.24, 2.45) is 4.99 Å². The van der Waals surface area contributed by atoms with Crippen molar-refractivity contribution in [2.75, 3.05) is 6.54 Å². The van der Waals surface area contributed by atoms with Crippen molar-refractivity contribution in [3.05, 3.63) is 71.5 Å². The number of aromatic amines is 1. The molecule has 3 rings (SSSR count). The van der Waals surface area contributed by atoms with Crippen LogP contribution in [-0.2, 0) is 6.54 Å². The fraction of sp³-hybridized carbons (Fsp3) is 0.286. The second kappa shape index (κ2) is 8.98. The van der Waals surface area contributed by atoms with Gasteiger partial charge in [-0.1, -0.05) is 42.5 Å². The van der Waals surface area contributed by atoms with Gasteiger partial charge in [0.15, 0.2) is 11.8 Å². The van der Waals surface area contributed by atoms with Crippen molar-refractivity contribution in [2.45, 2.75) is 33.4 Å². The van der Waals surface area contributed by atoms with E-state index in [0.29, 0.717) is 6.54 Å². The molecule has 0 fully saturated rings. The Hall–Kier alpha value is -3.15. The smallest absolute Gasteiger partial charge is 0.192 e. The van der Waals surface area contributed by atoms with Gasteiger partial charge in [0.25, 0.3) is 0 Å². The molecule has 3 aromatic rings. The van der Waals surface area contributed by atoms with Gasteiger partial charge < -0.3 is 10.6 Å². The Bertz CT molecular complexity index is 885. The largest absolute Gasteiger partial charge is 0.357 e. The Kier molecular flexibility index (Phi) is 6.20. The Morgan fingerprint density at radius 2 is 2.04 bits per heavy atom. The molecule has 3 N–H and O–H groups in total. The van der Waals surface area contributed by atoms with Crippen molar-refractivity contribution < 1.29 is 0 Å². The highest BCUT2D eigenvalue weighted by Crippen LogP contribution is 2.17. The average molecular weight is 362 g/mol. The number of rotatable bonds is 6. The number of aliphatic imine (C=N–C) groups is 1. The van der Waals surface area contributed by atoms with E-state index in [1.54, 1.807) is 0 Å². The van der Waals surface area contributed by atoms with Gasteiger partial charge in [-0.2, -0.15) is 5.10 Å². The summed E-state index contributed by atoms with van der Waals surface area (Å²) in [6.45, 7) is 7.74. The van der Waals surface area contributed by atoms with Gasteiger partial charge in [0, 0.05) is 12.1 Å². The van der Waals surface area contributed by atoms with Crippen molar-refractivity contribution in [3.8, 4) is 11.4 Å². The van der Waals surface area contributed by atoms with Crippen LogP contribution in [0.1, 0.15) is 36.6 Å². The molecule has 0 spiro atoms. The lowest BCUT2D eigenvalue weighted by atomic mass is 10.0. The summed E-state index contributed by atoms with van der Waals surface area (Å²) in [5.41, 5.74) is 4.67. The lowest BCUT2D eigenvalue weighted by Gasteiger charge is -2.19. The SMILES string of the molecule is CCNC(=NCc1cccc(-c2ncn[nH]2)c1)NC(C)c1ccccc1C. The minimum atomic E-state index is 0.171. The Morgan fingerprint density at radius 3 is 2.78 bits per heavy atom. The van der Waals surface area contributed by atoms with E-state index in [0.717, 1.165) is 29.5 Å². The Balaban J connectivity index is 1.72. The van der Waals surface area contributed by atoms with E-state index in [1.165, 1.54) is 17.5 Å². The van der Waals surface area contributed by atoms with Crippen LogP contribution in [0.15, 0.2) is 59.9 Å². The summed E-state index contributed by atoms with van der Waals surface area (Å²) in [7, 11) is 0. The molecular formula is C21H26N6. The molecule has 0 aliphatic carbocycles. The van der Waals surface area contributed by atoms with Crippen LogP contribution in [0.4, 0.5) is 0 Å². The van der Waals surface area contributed by atoms with Crippen LogP contribution in [-0.4, -0.2) is 27.7 Å². The molecule has 0 saturated heterocycles. The molecule has 1 heterocycles. The molecule has 0 aliphatic rings. The standard InChI is InChI=1S/C21H26N6/c1-4-22-21(26-16(3)19-11-6-5-8-15(19)2)23-13-17-9-7-10-18(12-17)20-24-14-25-27-20/h5-12,14,16H,4,13H2,1-3H3,(H2,22,23,26)(H,24,25,27). The number of nitrogens with one attached hydrogen (secondary N) is 3. The van der Waals surface area contributed by atoms with Crippen LogP contribution in [0.2, 0.25) is 0 Å². The highest BCUT2D eigenvalue weighted by Gasteiger charge is 2.10. The topological polar surface area (TPSA) is 78.0 Å². The maximum atomic E-state index is 4.75. The first kappa shape index (κ1) is 18.6. The number of guanidine groups is 1. The number of aryl methyl sites for hydroxylation is 1. The lowest BCUT2D eigenvalue weighted by molar-refractivity contribution is 0.682. The van der Waals surface area contributed by atoms with Gasteiger partial charge in [-0.3, -0.25) is 5.10 Å². The molecule has 0 amide bonds. The third kappa shape index (κ3) is 4.94. The van der Waals surface area contributed by atoms with Gasteiger partial charge >= 0.3 is 0 Å². The molecule has 1 aromatic heterocycles. The molecular weight excluding hydrogens is 336 g/mol. The molecule has 0 saturated carbocycles. The van der Waals surface area contributed by atoms with Gasteiger partial charge in [-0.15, -0.1) is 0 Å². The zero-order valence-corrected chi connectivity index (χ0v) is 16.0. The van der Waals surface area contributed by atoms with E-state index in [9.17, 15) is 0 Å². The lowest BCUT2D eigenvalue weighted by Crippen LogP contribution is -2.38. The summed E-state index contributed by atoms with van der Waals surface area (Å²) in [6, 6.07) is 16.8. The van der Waals surface area contributed by atoms with E-state index in [4.69, 9.17) is 4.99 Å². The van der Waals surface area contributed by atoms with Crippen molar-refractivity contribution in [1.82, 2.24) is 25.8 Å². The summed E-state index contributed by atoms with van der Waals surface area (Å²) < 4.78 is 0. The van der Waals surface area contributed by atoms with Crippen LogP contribution in [0.5, 0.6) is 0 Å². The predicted octanol–water partition coefficient (Wildman–Crippen LogP) is 3.60. The number of aromatic nitrogens is 3. The van der Waals surface area contributed by atoms with Gasteiger partial charge in [0.1, 0.15) is 6.33 Å². The van der Waals surface area contributed by atoms with E-state index >= 15 is 0 Å². The molecule has 140 valence electrons. The van der Waals surface area contributed by atoms with E-state index in [-0.39, 0.29) is 6.04 Å². The van der Waals surface area contributed by atoms with Crippen LogP contribution >= 0.6 is 0 Å². The van der Waals surface area contributed by atoms with Crippen molar-refractivity contribution in [1.29, 1.82) is 0 Å². The summed E-state index contributed by atoms with van der Waals surface area (Å²) in [5.74, 6) is 1.57. The van der Waals surface area contributed by atoms with Crippen LogP contribution in [0, 0.1) is 6.92 Å². The first-order valence-corrected chi connectivity index (χ1v) is 9.22. The highest BCUT2D eigenvalue weighted by atomic mass is 15.2. The number of H-pyrrole nitrogens is 1. The Morgan fingerprint density at radius 1 is 1.19 bits per heavy atom. The number of hydrogen-bond donors (Lipinski definition) is 3. The molecule has 6 nitrogen and oxygen atoms in total. The fourth-order valence-electron chi connectivity index (χ4n) is 3.01. The monoisotopic (exact) mass is 362 g/mol. The number of nitrogens with zero attached hydrogens (tertiary/aromatic N) is 3. The first-order chi connectivity index (χ1) is 13.2. The van der Waals surface area contributed by atoms with Crippen LogP contribution in [0.25, 0.3) is 11.4 Å². The van der Waals surface area contributed by atoms with E-state index < -0.39 is 0 Å². The molecule has 27 heavy (non-hydrogen) atoms. The normalized spacial score (nSPS) is 12.6. The molecule has 2 aromatic carbocycles. The van der Waals surface area contributed by atoms with Crippen molar-refractivity contribution >= 4 is 5.96 Å². The maximum absolute atomic E-state index is 4.75. The quantitative estimate of drug-likeness (QED) is 0.462. The summed E-state index contributed by atoms with van der Waals surface area (Å²) in [6.07, 6.45) is 1.51. The van der Waals surface area contributed by atoms with E-state index in [1.807, 2.05) is 12.1 Å². The third-order valence-electron chi connectivity index (χ3n) is 4.39. The second-order valence-electron chi connectivity index (χ2n) is 6.45. The number of benzene rings is 2. The highest BCUT2D eigenvalue weighted by molar-refractivity contribution is 5.80. The Labute approximate surface area is 160 Å². The predicted molar refractivity (Wildman–Crippen MR) is 109 cm³/mol. The zero-order valence-electron chi connectivity index (χ0n) is 16.0. The van der Waals surface area contributed by atoms with Crippen LogP contribution in [0.3, 0.4) is 0 Å². The molecule has 1 atom stereocenters. The second-order valence-corrected chi connectivity index (χ2v) is 6.45. The maximum Gasteiger partial charge on any atom is 0.192 e. The minimum absolute atomic E-state index is 0.171. The molecule has 0 radical (unpaired) electrons. The summed E-state index contributed by atoms with van der Waals surface area (Å²) in [5, 5.41) is 13.6. The first-order valence-electron chi connectivity index (χ1n) is 9.22. The fourth-order valence-corrected chi connectivity index (χ4v) is 3.01. The van der Waals surface area contributed by atoms with Gasteiger partial charge in [0.2, 0.25) is 0 Å². The van der Waals surface area contributed by atoms with Gasteiger partial charge in [0.05, 0.1) is 12.6 Å². The summed E-state index contributed by atoms with van der Waals surface area (Å²) >= 11 is 0. The van der Waals surface area contributed by atoms with Crippen molar-refractivity contribution in [3.63, 3.8) is 0 Å². The zero-order chi connectivity index (χ0) is 19.1. The molecule has 1 unspecified atom stereocenters. The van der Waals surface area contributed by atoms with Gasteiger partial charge in [-0.05, 0) is 43.5 Å². The van der Waals surface area contributed by atoms with E-state index in [2.05, 4.69) is 83.0 Å². The molecule has 0 bridgehead atoms. The van der Waals surface area contributed by atoms with Crippen LogP contribution < -0.4 is 10.6 Å². The molecule has 0 aliphatic heterocycles. The number of hydrogen-bond acceptors (Lipinski definition) is 3. The molecule has 6 heteroatoms. The summed E-state index contributed by atoms with van der Waals surface area (Å²) in [4.78, 5) is 8.96.